The standard InChI is InChI=1S/C20H15ClF3N3O/c21-18-7-13(3-4-14(18)10-26)17-8-15(27-19(17)20(22,23)24)11-28-16-5-1-12(9-25)2-6-16/h1-7,15,17,19,27H,8,11H2. The second kappa shape index (κ2) is 8.10. The molecule has 0 bridgehead atoms. The number of hydrogen-bond donors (Lipinski definition) is 1. The molecule has 0 aromatic heterocycles. The Morgan fingerprint density at radius 3 is 2.39 bits per heavy atom. The van der Waals surface area contributed by atoms with Gasteiger partial charge in [0.1, 0.15) is 24.5 Å². The third-order valence-electron chi connectivity index (χ3n) is 4.69. The van der Waals surface area contributed by atoms with Gasteiger partial charge in [0, 0.05) is 12.0 Å². The zero-order valence-corrected chi connectivity index (χ0v) is 15.3. The minimum atomic E-state index is -4.44. The molecule has 0 radical (unpaired) electrons. The van der Waals surface area contributed by atoms with Gasteiger partial charge in [-0.05, 0) is 48.4 Å². The van der Waals surface area contributed by atoms with Gasteiger partial charge in [0.2, 0.25) is 0 Å². The topological polar surface area (TPSA) is 68.8 Å². The van der Waals surface area contributed by atoms with Crippen LogP contribution in [0.25, 0.3) is 0 Å². The fourth-order valence-electron chi connectivity index (χ4n) is 3.32. The van der Waals surface area contributed by atoms with Crippen LogP contribution in [0.1, 0.15) is 29.0 Å². The summed E-state index contributed by atoms with van der Waals surface area (Å²) < 4.78 is 46.2. The highest BCUT2D eigenvalue weighted by molar-refractivity contribution is 6.31. The molecule has 1 aliphatic heterocycles. The first kappa shape index (κ1) is 20.0. The number of nitriles is 2. The Morgan fingerprint density at radius 1 is 1.11 bits per heavy atom. The van der Waals surface area contributed by atoms with Crippen LogP contribution in [0.2, 0.25) is 5.02 Å². The molecule has 3 atom stereocenters. The molecule has 1 aliphatic rings. The summed E-state index contributed by atoms with van der Waals surface area (Å²) in [7, 11) is 0. The highest BCUT2D eigenvalue weighted by Gasteiger charge is 2.50. The van der Waals surface area contributed by atoms with Gasteiger partial charge in [-0.1, -0.05) is 17.7 Å². The first-order valence-corrected chi connectivity index (χ1v) is 8.85. The van der Waals surface area contributed by atoms with E-state index in [1.54, 1.807) is 24.3 Å². The molecule has 1 heterocycles. The van der Waals surface area contributed by atoms with Crippen molar-refractivity contribution in [3.8, 4) is 17.9 Å². The molecule has 1 fully saturated rings. The predicted molar refractivity (Wildman–Crippen MR) is 96.9 cm³/mol. The van der Waals surface area contributed by atoms with E-state index in [1.165, 1.54) is 18.2 Å². The van der Waals surface area contributed by atoms with Gasteiger partial charge < -0.3 is 4.74 Å². The highest BCUT2D eigenvalue weighted by atomic mass is 35.5. The molecule has 2 aromatic rings. The highest BCUT2D eigenvalue weighted by Crippen LogP contribution is 2.40. The number of nitrogens with one attached hydrogen (secondary N) is 1. The Kier molecular flexibility index (Phi) is 5.79. The van der Waals surface area contributed by atoms with Gasteiger partial charge in [0.25, 0.3) is 0 Å². The molecule has 1 saturated heterocycles. The Balaban J connectivity index is 1.74. The number of nitrogens with zero attached hydrogens (tertiary/aromatic N) is 2. The van der Waals surface area contributed by atoms with Crippen molar-refractivity contribution in [1.82, 2.24) is 5.32 Å². The van der Waals surface area contributed by atoms with Crippen molar-refractivity contribution in [1.29, 1.82) is 10.5 Å². The molecule has 8 heteroatoms. The van der Waals surface area contributed by atoms with Gasteiger partial charge in [-0.3, -0.25) is 5.32 Å². The molecule has 3 unspecified atom stereocenters. The van der Waals surface area contributed by atoms with Gasteiger partial charge in [0.15, 0.2) is 0 Å². The van der Waals surface area contributed by atoms with Crippen molar-refractivity contribution in [2.75, 3.05) is 6.61 Å². The molecule has 1 N–H and O–H groups in total. The Morgan fingerprint density at radius 2 is 1.82 bits per heavy atom. The monoisotopic (exact) mass is 405 g/mol. The second-order valence-electron chi connectivity index (χ2n) is 6.52. The van der Waals surface area contributed by atoms with Crippen LogP contribution in [0.5, 0.6) is 5.75 Å². The number of alkyl halides is 3. The molecule has 4 nitrogen and oxygen atoms in total. The first-order valence-electron chi connectivity index (χ1n) is 8.47. The van der Waals surface area contributed by atoms with E-state index < -0.39 is 24.2 Å². The number of ether oxygens (including phenoxy) is 1. The molecule has 3 rings (SSSR count). The lowest BCUT2D eigenvalue weighted by atomic mass is 9.90. The second-order valence-corrected chi connectivity index (χ2v) is 6.93. The summed E-state index contributed by atoms with van der Waals surface area (Å²) in [5.41, 5.74) is 1.13. The molecule has 0 saturated carbocycles. The minimum absolute atomic E-state index is 0.0546. The molecule has 0 spiro atoms. The number of hydrogen-bond acceptors (Lipinski definition) is 4. The van der Waals surface area contributed by atoms with E-state index in [9.17, 15) is 13.2 Å². The average molecular weight is 406 g/mol. The lowest BCUT2D eigenvalue weighted by Gasteiger charge is -2.23. The van der Waals surface area contributed by atoms with Crippen LogP contribution in [0.15, 0.2) is 42.5 Å². The lowest BCUT2D eigenvalue weighted by molar-refractivity contribution is -0.156. The van der Waals surface area contributed by atoms with E-state index in [4.69, 9.17) is 26.9 Å². The van der Waals surface area contributed by atoms with Crippen molar-refractivity contribution >= 4 is 11.6 Å². The molecular formula is C20H15ClF3N3O. The van der Waals surface area contributed by atoms with Crippen molar-refractivity contribution in [3.05, 3.63) is 64.2 Å². The van der Waals surface area contributed by atoms with E-state index >= 15 is 0 Å². The SMILES string of the molecule is N#Cc1ccc(OCC2CC(c3ccc(C#N)c(Cl)c3)C(C(F)(F)F)N2)cc1. The van der Waals surface area contributed by atoms with E-state index in [-0.39, 0.29) is 23.6 Å². The van der Waals surface area contributed by atoms with E-state index in [0.717, 1.165) is 0 Å². The quantitative estimate of drug-likeness (QED) is 0.810. The Bertz CT molecular complexity index is 932. The van der Waals surface area contributed by atoms with Gasteiger partial charge in [-0.2, -0.15) is 23.7 Å². The molecule has 2 aromatic carbocycles. The van der Waals surface area contributed by atoms with Gasteiger partial charge >= 0.3 is 6.18 Å². The third kappa shape index (κ3) is 4.39. The van der Waals surface area contributed by atoms with Crippen LogP contribution in [0.4, 0.5) is 13.2 Å². The van der Waals surface area contributed by atoms with E-state index in [1.807, 2.05) is 12.1 Å². The smallest absolute Gasteiger partial charge is 0.404 e. The molecular weight excluding hydrogens is 391 g/mol. The third-order valence-corrected chi connectivity index (χ3v) is 5.00. The maximum atomic E-state index is 13.5. The minimum Gasteiger partial charge on any atom is -0.492 e. The van der Waals surface area contributed by atoms with E-state index in [2.05, 4.69) is 5.32 Å². The van der Waals surface area contributed by atoms with Crippen LogP contribution < -0.4 is 10.1 Å². The summed E-state index contributed by atoms with van der Waals surface area (Å²) in [6.45, 7) is 0.0546. The van der Waals surface area contributed by atoms with Gasteiger partial charge in [-0.15, -0.1) is 0 Å². The van der Waals surface area contributed by atoms with Crippen molar-refractivity contribution in [2.45, 2.75) is 30.6 Å². The maximum absolute atomic E-state index is 13.5. The van der Waals surface area contributed by atoms with Crippen LogP contribution in [-0.4, -0.2) is 24.9 Å². The summed E-state index contributed by atoms with van der Waals surface area (Å²) in [6.07, 6.45) is -4.23. The van der Waals surface area contributed by atoms with Crippen LogP contribution in [0, 0.1) is 22.7 Å². The zero-order valence-electron chi connectivity index (χ0n) is 14.5. The zero-order chi connectivity index (χ0) is 20.3. The fourth-order valence-corrected chi connectivity index (χ4v) is 3.55. The van der Waals surface area contributed by atoms with Crippen molar-refractivity contribution < 1.29 is 17.9 Å². The summed E-state index contributed by atoms with van der Waals surface area (Å²) >= 11 is 6.00. The van der Waals surface area contributed by atoms with Gasteiger partial charge in [0.05, 0.1) is 22.2 Å². The summed E-state index contributed by atoms with van der Waals surface area (Å²) in [4.78, 5) is 0. The van der Waals surface area contributed by atoms with Crippen molar-refractivity contribution in [3.63, 3.8) is 0 Å². The summed E-state index contributed by atoms with van der Waals surface area (Å²) in [5, 5.41) is 20.5. The lowest BCUT2D eigenvalue weighted by Crippen LogP contribution is -2.44. The number of halogens is 4. The number of rotatable bonds is 4. The van der Waals surface area contributed by atoms with Crippen LogP contribution in [0.3, 0.4) is 0 Å². The van der Waals surface area contributed by atoms with Gasteiger partial charge in [-0.25, -0.2) is 0 Å². The Hall–Kier alpha value is -2.74. The van der Waals surface area contributed by atoms with E-state index in [0.29, 0.717) is 16.9 Å². The largest absolute Gasteiger partial charge is 0.492 e. The Labute approximate surface area is 165 Å². The van der Waals surface area contributed by atoms with Crippen molar-refractivity contribution in [2.24, 2.45) is 0 Å². The summed E-state index contributed by atoms with van der Waals surface area (Å²) in [5.74, 6) is -0.353. The number of benzene rings is 2. The maximum Gasteiger partial charge on any atom is 0.404 e. The van der Waals surface area contributed by atoms with Crippen LogP contribution in [-0.2, 0) is 0 Å². The fraction of sp³-hybridized carbons (Fsp3) is 0.300. The molecule has 28 heavy (non-hydrogen) atoms. The summed E-state index contributed by atoms with van der Waals surface area (Å²) in [6, 6.07) is 12.4. The predicted octanol–water partition coefficient (Wildman–Crippen LogP) is 4.54. The van der Waals surface area contributed by atoms with Crippen LogP contribution >= 0.6 is 11.6 Å². The normalized spacial score (nSPS) is 21.7. The molecule has 0 aliphatic carbocycles. The molecule has 0 amide bonds. The first-order chi connectivity index (χ1) is 13.3. The molecule has 144 valence electrons. The average Bonchev–Trinajstić information content (AvgIpc) is 3.11.